The molecule has 0 aliphatic carbocycles. The highest BCUT2D eigenvalue weighted by molar-refractivity contribution is 7.99. The van der Waals surface area contributed by atoms with Gasteiger partial charge >= 0.3 is 5.97 Å². The Bertz CT molecular complexity index is 757. The van der Waals surface area contributed by atoms with Crippen molar-refractivity contribution in [1.29, 1.82) is 0 Å². The zero-order chi connectivity index (χ0) is 19.6. The third-order valence-electron chi connectivity index (χ3n) is 3.67. The van der Waals surface area contributed by atoms with Crippen molar-refractivity contribution >= 4 is 31.2 Å². The molecular formula is C20H24BNO4S. The fourth-order valence-electron chi connectivity index (χ4n) is 2.41. The van der Waals surface area contributed by atoms with Crippen LogP contribution in [0.15, 0.2) is 41.3 Å². The molecule has 0 bridgehead atoms. The smallest absolute Gasteiger partial charge is 0.344 e. The number of pyridine rings is 1. The van der Waals surface area contributed by atoms with Gasteiger partial charge in [-0.25, -0.2) is 4.79 Å². The Morgan fingerprint density at radius 3 is 2.70 bits per heavy atom. The molecule has 0 amide bonds. The molecule has 0 saturated heterocycles. The van der Waals surface area contributed by atoms with Crippen LogP contribution in [0.1, 0.15) is 30.4 Å². The van der Waals surface area contributed by atoms with E-state index in [4.69, 9.17) is 22.1 Å². The van der Waals surface area contributed by atoms with Gasteiger partial charge in [0.15, 0.2) is 6.61 Å². The van der Waals surface area contributed by atoms with Gasteiger partial charge in [0.25, 0.3) is 0 Å². The van der Waals surface area contributed by atoms with Crippen LogP contribution in [-0.2, 0) is 14.3 Å². The lowest BCUT2D eigenvalue weighted by atomic mass is 10.0. The van der Waals surface area contributed by atoms with Gasteiger partial charge in [-0.1, -0.05) is 12.1 Å². The molecule has 2 rings (SSSR count). The molecule has 0 N–H and O–H groups in total. The van der Waals surface area contributed by atoms with Crippen LogP contribution in [-0.4, -0.2) is 45.2 Å². The summed E-state index contributed by atoms with van der Waals surface area (Å²) in [6, 6.07) is 11.5. The second kappa shape index (κ2) is 11.0. The summed E-state index contributed by atoms with van der Waals surface area (Å²) in [7, 11) is 5.83. The van der Waals surface area contributed by atoms with Crippen molar-refractivity contribution in [3.63, 3.8) is 0 Å². The summed E-state index contributed by atoms with van der Waals surface area (Å²) in [5.74, 6) is 0.288. The number of aromatic nitrogens is 1. The number of esters is 1. The van der Waals surface area contributed by atoms with Crippen molar-refractivity contribution < 1.29 is 19.0 Å². The number of rotatable bonds is 10. The second-order valence-corrected chi connectivity index (χ2v) is 7.05. The Hall–Kier alpha value is -1.99. The van der Waals surface area contributed by atoms with Gasteiger partial charge in [-0.05, 0) is 56.2 Å². The van der Waals surface area contributed by atoms with Gasteiger partial charge in [0.2, 0.25) is 0 Å². The Balaban J connectivity index is 2.08. The Morgan fingerprint density at radius 2 is 2.04 bits per heavy atom. The molecule has 1 aromatic carbocycles. The molecular weight excluding hydrogens is 361 g/mol. The van der Waals surface area contributed by atoms with E-state index < -0.39 is 0 Å². The van der Waals surface area contributed by atoms with Crippen LogP contribution in [0.25, 0.3) is 0 Å². The predicted molar refractivity (Wildman–Crippen MR) is 108 cm³/mol. The van der Waals surface area contributed by atoms with Crippen LogP contribution < -0.4 is 10.3 Å². The summed E-state index contributed by atoms with van der Waals surface area (Å²) in [4.78, 5) is 16.9. The van der Waals surface area contributed by atoms with Crippen LogP contribution in [0.2, 0.25) is 0 Å². The lowest BCUT2D eigenvalue weighted by Gasteiger charge is -2.17. The van der Waals surface area contributed by atoms with Gasteiger partial charge in [-0.3, -0.25) is 4.98 Å². The normalized spacial score (nSPS) is 11.8. The molecule has 0 spiro atoms. The van der Waals surface area contributed by atoms with Gasteiger partial charge in [0, 0.05) is 11.5 Å². The summed E-state index contributed by atoms with van der Waals surface area (Å²) >= 11 is 1.66. The van der Waals surface area contributed by atoms with Crippen LogP contribution >= 0.6 is 11.8 Å². The van der Waals surface area contributed by atoms with Gasteiger partial charge in [-0.2, -0.15) is 0 Å². The zero-order valence-corrected chi connectivity index (χ0v) is 16.8. The van der Waals surface area contributed by atoms with E-state index in [0.29, 0.717) is 31.2 Å². The molecule has 5 nitrogen and oxygen atoms in total. The van der Waals surface area contributed by atoms with Gasteiger partial charge in [-0.15, -0.1) is 11.8 Å². The lowest BCUT2D eigenvalue weighted by Crippen LogP contribution is -2.15. The molecule has 0 aliphatic heterocycles. The average Bonchev–Trinajstić information content (AvgIpc) is 2.64. The standard InChI is InChI=1S/C20H24BNO4S/c1-4-24-12-18(16-7-6-8-19(21)22-16)27-15-9-10-17(14(3)11-15)26-13-20(23)25-5-2/h6-11,18H,4-5,12-13H2,1-3H3. The first-order chi connectivity index (χ1) is 13.0. The van der Waals surface area contributed by atoms with Crippen molar-refractivity contribution in [3.8, 4) is 5.75 Å². The predicted octanol–water partition coefficient (Wildman–Crippen LogP) is 3.00. The molecule has 7 heteroatoms. The topological polar surface area (TPSA) is 57.7 Å². The van der Waals surface area contributed by atoms with Crippen LogP contribution in [0.3, 0.4) is 0 Å². The maximum atomic E-state index is 11.4. The van der Waals surface area contributed by atoms with Crippen molar-refractivity contribution in [2.24, 2.45) is 0 Å². The van der Waals surface area contributed by atoms with Gasteiger partial charge in [0.05, 0.1) is 24.2 Å². The number of carbonyl (C=O) groups is 1. The average molecular weight is 385 g/mol. The van der Waals surface area contributed by atoms with Gasteiger partial charge < -0.3 is 14.2 Å². The molecule has 1 unspecified atom stereocenters. The maximum Gasteiger partial charge on any atom is 0.344 e. The number of hydrogen-bond acceptors (Lipinski definition) is 6. The molecule has 0 fully saturated rings. The van der Waals surface area contributed by atoms with Crippen molar-refractivity contribution in [2.75, 3.05) is 26.4 Å². The number of nitrogens with zero attached hydrogens (tertiary/aromatic N) is 1. The van der Waals surface area contributed by atoms with Crippen LogP contribution in [0.5, 0.6) is 5.75 Å². The highest BCUT2D eigenvalue weighted by atomic mass is 32.2. The fraction of sp³-hybridized carbons (Fsp3) is 0.400. The maximum absolute atomic E-state index is 11.4. The molecule has 2 aromatic rings. The minimum Gasteiger partial charge on any atom is -0.482 e. The molecule has 142 valence electrons. The van der Waals surface area contributed by atoms with E-state index in [2.05, 4.69) is 4.98 Å². The quantitative estimate of drug-likeness (QED) is 0.356. The highest BCUT2D eigenvalue weighted by Gasteiger charge is 2.16. The van der Waals surface area contributed by atoms with Crippen molar-refractivity contribution in [2.45, 2.75) is 30.9 Å². The van der Waals surface area contributed by atoms with E-state index in [-0.39, 0.29) is 17.8 Å². The number of carbonyl (C=O) groups excluding carboxylic acids is 1. The monoisotopic (exact) mass is 385 g/mol. The number of aryl methyl sites for hydroxylation is 1. The van der Waals surface area contributed by atoms with Crippen molar-refractivity contribution in [3.05, 3.63) is 47.7 Å². The summed E-state index contributed by atoms with van der Waals surface area (Å²) < 4.78 is 16.0. The van der Waals surface area contributed by atoms with Crippen LogP contribution in [0, 0.1) is 6.92 Å². The van der Waals surface area contributed by atoms with Crippen molar-refractivity contribution in [1.82, 2.24) is 4.98 Å². The summed E-state index contributed by atoms with van der Waals surface area (Å²) in [5.41, 5.74) is 2.32. The van der Waals surface area contributed by atoms with E-state index in [1.807, 2.05) is 44.2 Å². The first-order valence-electron chi connectivity index (χ1n) is 8.89. The number of ether oxygens (including phenoxy) is 3. The molecule has 1 heterocycles. The lowest BCUT2D eigenvalue weighted by molar-refractivity contribution is -0.145. The summed E-state index contributed by atoms with van der Waals surface area (Å²) in [6.45, 7) is 7.10. The number of thioether (sulfide) groups is 1. The zero-order valence-electron chi connectivity index (χ0n) is 15.9. The molecule has 0 saturated carbocycles. The van der Waals surface area contributed by atoms with E-state index >= 15 is 0 Å². The van der Waals surface area contributed by atoms with E-state index in [0.717, 1.165) is 16.2 Å². The number of hydrogen-bond donors (Lipinski definition) is 0. The van der Waals surface area contributed by atoms with Crippen LogP contribution in [0.4, 0.5) is 0 Å². The Kier molecular flexibility index (Phi) is 8.68. The SMILES string of the molecule is [B]c1cccc(C(COCC)Sc2ccc(OCC(=O)OCC)c(C)c2)n1. The summed E-state index contributed by atoms with van der Waals surface area (Å²) in [6.07, 6.45) is 0. The first-order valence-corrected chi connectivity index (χ1v) is 9.77. The third-order valence-corrected chi connectivity index (χ3v) is 4.86. The highest BCUT2D eigenvalue weighted by Crippen LogP contribution is 2.36. The largest absolute Gasteiger partial charge is 0.482 e. The van der Waals surface area contributed by atoms with E-state index in [9.17, 15) is 4.79 Å². The van der Waals surface area contributed by atoms with Gasteiger partial charge in [0.1, 0.15) is 13.6 Å². The third kappa shape index (κ3) is 6.92. The molecule has 2 radical (unpaired) electrons. The first kappa shape index (κ1) is 21.3. The Morgan fingerprint density at radius 1 is 1.22 bits per heavy atom. The molecule has 1 aromatic heterocycles. The van der Waals surface area contributed by atoms with E-state index in [1.165, 1.54) is 0 Å². The minimum absolute atomic E-state index is 0.0270. The molecule has 27 heavy (non-hydrogen) atoms. The second-order valence-electron chi connectivity index (χ2n) is 5.77. The minimum atomic E-state index is -0.375. The fourth-order valence-corrected chi connectivity index (χ4v) is 3.55. The molecule has 1 atom stereocenters. The Labute approximate surface area is 166 Å². The van der Waals surface area contributed by atoms with E-state index in [1.54, 1.807) is 24.8 Å². The summed E-state index contributed by atoms with van der Waals surface area (Å²) in [5, 5.41) is 0.0270. The number of benzene rings is 1. The molecule has 0 aliphatic rings.